The molecule has 0 unspecified atom stereocenters. The van der Waals surface area contributed by atoms with E-state index in [1.165, 1.54) is 17.4 Å². The third kappa shape index (κ3) is 1.53. The quantitative estimate of drug-likeness (QED) is 0.869. The van der Waals surface area contributed by atoms with Crippen molar-refractivity contribution in [3.8, 4) is 5.75 Å². The van der Waals surface area contributed by atoms with E-state index in [9.17, 15) is 9.50 Å². The van der Waals surface area contributed by atoms with Crippen molar-refractivity contribution in [3.63, 3.8) is 0 Å². The van der Waals surface area contributed by atoms with E-state index in [1.807, 2.05) is 6.92 Å². The van der Waals surface area contributed by atoms with Gasteiger partial charge in [0.15, 0.2) is 16.0 Å². The largest absolute Gasteiger partial charge is 0.484 e. The van der Waals surface area contributed by atoms with Crippen LogP contribution in [0.25, 0.3) is 10.2 Å². The fourth-order valence-electron chi connectivity index (χ4n) is 2.18. The molecule has 3 nitrogen and oxygen atoms in total. The van der Waals surface area contributed by atoms with Gasteiger partial charge >= 0.3 is 0 Å². The van der Waals surface area contributed by atoms with Gasteiger partial charge in [-0.15, -0.1) is 11.3 Å². The molecule has 0 radical (unpaired) electrons. The third-order valence-corrected chi connectivity index (χ3v) is 4.27. The molecule has 1 aromatic carbocycles. The fourth-order valence-corrected chi connectivity index (χ4v) is 3.41. The van der Waals surface area contributed by atoms with Crippen LogP contribution in [0.5, 0.6) is 5.75 Å². The highest BCUT2D eigenvalue weighted by Gasteiger charge is 2.35. The number of halogens is 2. The zero-order valence-corrected chi connectivity index (χ0v) is 10.5. The van der Waals surface area contributed by atoms with Gasteiger partial charge in [-0.05, 0) is 0 Å². The van der Waals surface area contributed by atoms with Crippen LogP contribution >= 0.6 is 22.9 Å². The van der Waals surface area contributed by atoms with Crippen molar-refractivity contribution >= 4 is 33.2 Å². The Morgan fingerprint density at radius 2 is 2.41 bits per heavy atom. The number of aliphatic hydroxyl groups excluding tert-OH is 1. The number of ether oxygens (including phenoxy) is 1. The molecule has 0 fully saturated rings. The van der Waals surface area contributed by atoms with E-state index in [-0.39, 0.29) is 18.3 Å². The molecule has 6 heteroatoms. The van der Waals surface area contributed by atoms with Gasteiger partial charge in [0.05, 0.1) is 16.8 Å². The van der Waals surface area contributed by atoms with Gasteiger partial charge in [-0.25, -0.2) is 9.37 Å². The average Bonchev–Trinajstić information content (AvgIpc) is 2.79. The minimum atomic E-state index is -0.447. The Morgan fingerprint density at radius 3 is 3.12 bits per heavy atom. The monoisotopic (exact) mass is 273 g/mol. The molecule has 0 saturated carbocycles. The van der Waals surface area contributed by atoms with Crippen LogP contribution in [0.1, 0.15) is 18.4 Å². The predicted octanol–water partition coefficient (Wildman–Crippen LogP) is 2.95. The normalized spacial score (nSPS) is 22.8. The van der Waals surface area contributed by atoms with Crippen LogP contribution in [0.4, 0.5) is 4.39 Å². The first kappa shape index (κ1) is 11.2. The number of rotatable bonds is 1. The number of thiazole rings is 1. The highest BCUT2D eigenvalue weighted by Crippen LogP contribution is 2.46. The summed E-state index contributed by atoms with van der Waals surface area (Å²) in [6.07, 6.45) is -0.397. The standard InChI is InChI=1S/C11H9ClFNO2S/c1-4-7(3-15)16-9-5(13)2-6-10(8(4)9)17-11(12)14-6/h2,4,7,15H,3H2,1H3/t4-,7-/m0/s1. The number of benzene rings is 1. The molecule has 0 saturated heterocycles. The van der Waals surface area contributed by atoms with Gasteiger partial charge in [-0.3, -0.25) is 0 Å². The second kappa shape index (κ2) is 3.80. The van der Waals surface area contributed by atoms with Crippen molar-refractivity contribution in [2.75, 3.05) is 6.61 Å². The van der Waals surface area contributed by atoms with Gasteiger partial charge in [0.2, 0.25) is 0 Å². The van der Waals surface area contributed by atoms with E-state index in [1.54, 1.807) is 0 Å². The molecule has 2 atom stereocenters. The molecule has 0 aliphatic carbocycles. The molecule has 90 valence electrons. The Kier molecular flexibility index (Phi) is 2.50. The number of hydrogen-bond acceptors (Lipinski definition) is 4. The lowest BCUT2D eigenvalue weighted by atomic mass is 9.97. The Morgan fingerprint density at radius 1 is 1.65 bits per heavy atom. The lowest BCUT2D eigenvalue weighted by Gasteiger charge is -2.10. The van der Waals surface area contributed by atoms with E-state index in [0.717, 1.165) is 10.3 Å². The van der Waals surface area contributed by atoms with Crippen molar-refractivity contribution in [2.45, 2.75) is 18.9 Å². The smallest absolute Gasteiger partial charge is 0.184 e. The van der Waals surface area contributed by atoms with Gasteiger partial charge < -0.3 is 9.84 Å². The highest BCUT2D eigenvalue weighted by molar-refractivity contribution is 7.22. The Balaban J connectivity index is 2.31. The maximum atomic E-state index is 13.8. The molecule has 3 rings (SSSR count). The Bertz CT molecular complexity index is 601. The number of aromatic nitrogens is 1. The van der Waals surface area contributed by atoms with Gasteiger partial charge in [-0.2, -0.15) is 0 Å². The first-order chi connectivity index (χ1) is 8.11. The predicted molar refractivity (Wildman–Crippen MR) is 64.5 cm³/mol. The summed E-state index contributed by atoms with van der Waals surface area (Å²) in [5.74, 6) is -0.286. The van der Waals surface area contributed by atoms with E-state index >= 15 is 0 Å². The molecule has 1 N–H and O–H groups in total. The molecular weight excluding hydrogens is 265 g/mol. The van der Waals surface area contributed by atoms with E-state index < -0.39 is 11.9 Å². The summed E-state index contributed by atoms with van der Waals surface area (Å²) in [6.45, 7) is 1.77. The lowest BCUT2D eigenvalue weighted by Crippen LogP contribution is -2.21. The molecule has 1 aliphatic rings. The maximum absolute atomic E-state index is 13.8. The topological polar surface area (TPSA) is 42.4 Å². The molecule has 0 spiro atoms. The number of nitrogens with zero attached hydrogens (tertiary/aromatic N) is 1. The van der Waals surface area contributed by atoms with E-state index in [2.05, 4.69) is 4.98 Å². The van der Waals surface area contributed by atoms with Crippen molar-refractivity contribution in [2.24, 2.45) is 0 Å². The van der Waals surface area contributed by atoms with E-state index in [0.29, 0.717) is 9.98 Å². The summed E-state index contributed by atoms with van der Waals surface area (Å²) in [4.78, 5) is 4.06. The van der Waals surface area contributed by atoms with Crippen molar-refractivity contribution in [1.29, 1.82) is 0 Å². The van der Waals surface area contributed by atoms with Crippen molar-refractivity contribution in [1.82, 2.24) is 4.98 Å². The van der Waals surface area contributed by atoms with E-state index in [4.69, 9.17) is 16.3 Å². The average molecular weight is 274 g/mol. The van der Waals surface area contributed by atoms with Crippen LogP contribution in [-0.2, 0) is 0 Å². The Hall–Kier alpha value is -0.910. The Labute approximate surface area is 106 Å². The molecule has 2 aromatic rings. The minimum absolute atomic E-state index is 0.0651. The van der Waals surface area contributed by atoms with Crippen LogP contribution < -0.4 is 4.74 Å². The van der Waals surface area contributed by atoms with Crippen LogP contribution in [0.3, 0.4) is 0 Å². The molecule has 1 aliphatic heterocycles. The minimum Gasteiger partial charge on any atom is -0.484 e. The van der Waals surface area contributed by atoms with Gasteiger partial charge in [0.25, 0.3) is 0 Å². The van der Waals surface area contributed by atoms with Crippen LogP contribution in [-0.4, -0.2) is 22.8 Å². The van der Waals surface area contributed by atoms with Gasteiger partial charge in [0.1, 0.15) is 6.10 Å². The summed E-state index contributed by atoms with van der Waals surface area (Å²) < 4.78 is 20.5. The first-order valence-electron chi connectivity index (χ1n) is 5.17. The fraction of sp³-hybridized carbons (Fsp3) is 0.364. The second-order valence-electron chi connectivity index (χ2n) is 4.04. The summed E-state index contributed by atoms with van der Waals surface area (Å²) >= 11 is 7.16. The summed E-state index contributed by atoms with van der Waals surface area (Å²) in [6, 6.07) is 1.32. The molecule has 0 amide bonds. The van der Waals surface area contributed by atoms with Crippen LogP contribution in [0.15, 0.2) is 6.07 Å². The third-order valence-electron chi connectivity index (χ3n) is 3.06. The number of fused-ring (bicyclic) bond motifs is 3. The summed E-state index contributed by atoms with van der Waals surface area (Å²) in [5, 5.41) is 9.19. The SMILES string of the molecule is C[C@@H]1c2c(c(F)cc3nc(Cl)sc23)O[C@H]1CO. The zero-order chi connectivity index (χ0) is 12.2. The molecular formula is C11H9ClFNO2S. The second-order valence-corrected chi connectivity index (χ2v) is 5.63. The summed E-state index contributed by atoms with van der Waals surface area (Å²) in [7, 11) is 0. The number of hydrogen-bond donors (Lipinski definition) is 1. The van der Waals surface area contributed by atoms with Crippen LogP contribution in [0.2, 0.25) is 4.47 Å². The van der Waals surface area contributed by atoms with Crippen molar-refractivity contribution < 1.29 is 14.2 Å². The highest BCUT2D eigenvalue weighted by atomic mass is 35.5. The molecule has 17 heavy (non-hydrogen) atoms. The molecule has 2 heterocycles. The summed E-state index contributed by atoms with van der Waals surface area (Å²) in [5.41, 5.74) is 1.31. The molecule has 0 bridgehead atoms. The van der Waals surface area contributed by atoms with Gasteiger partial charge in [0, 0.05) is 17.5 Å². The van der Waals surface area contributed by atoms with Crippen LogP contribution in [0, 0.1) is 5.82 Å². The number of aliphatic hydroxyl groups is 1. The lowest BCUT2D eigenvalue weighted by molar-refractivity contribution is 0.117. The van der Waals surface area contributed by atoms with Gasteiger partial charge in [-0.1, -0.05) is 18.5 Å². The maximum Gasteiger partial charge on any atom is 0.184 e. The first-order valence-corrected chi connectivity index (χ1v) is 6.37. The zero-order valence-electron chi connectivity index (χ0n) is 8.91. The van der Waals surface area contributed by atoms with Crippen molar-refractivity contribution in [3.05, 3.63) is 21.9 Å². The molecule has 1 aromatic heterocycles.